The molecule has 19 heavy (non-hydrogen) atoms. The van der Waals surface area contributed by atoms with E-state index in [1.54, 1.807) is 0 Å². The molecule has 1 aliphatic heterocycles. The van der Waals surface area contributed by atoms with Crippen molar-refractivity contribution in [2.24, 2.45) is 5.41 Å². The van der Waals surface area contributed by atoms with Gasteiger partial charge in [-0.1, -0.05) is 24.6 Å². The van der Waals surface area contributed by atoms with E-state index in [2.05, 4.69) is 29.2 Å². The Labute approximate surface area is 114 Å². The Hall–Kier alpha value is -1.51. The normalized spacial score (nSPS) is 29.9. The van der Waals surface area contributed by atoms with Crippen LogP contribution in [0.4, 0.5) is 5.69 Å². The molecule has 1 aromatic carbocycles. The van der Waals surface area contributed by atoms with Crippen molar-refractivity contribution in [1.82, 2.24) is 0 Å². The van der Waals surface area contributed by atoms with Crippen LogP contribution in [0.25, 0.3) is 0 Å². The van der Waals surface area contributed by atoms with Crippen molar-refractivity contribution in [1.29, 1.82) is 0 Å². The molecule has 102 valence electrons. The molecule has 0 aromatic heterocycles. The van der Waals surface area contributed by atoms with Gasteiger partial charge < -0.3 is 9.64 Å². The van der Waals surface area contributed by atoms with E-state index in [1.807, 2.05) is 6.07 Å². The van der Waals surface area contributed by atoms with Gasteiger partial charge in [-0.25, -0.2) is 0 Å². The fraction of sp³-hybridized carbons (Fsp3) is 0.562. The summed E-state index contributed by atoms with van der Waals surface area (Å²) in [6, 6.07) is 10.8. The summed E-state index contributed by atoms with van der Waals surface area (Å²) in [5.41, 5.74) is 0.977. The van der Waals surface area contributed by atoms with Gasteiger partial charge in [0.2, 0.25) is 0 Å². The highest BCUT2D eigenvalue weighted by molar-refractivity contribution is 5.79. The molecule has 0 radical (unpaired) electrons. The minimum absolute atomic E-state index is 0.00405. The van der Waals surface area contributed by atoms with E-state index >= 15 is 0 Å². The summed E-state index contributed by atoms with van der Waals surface area (Å²) < 4.78 is 5.11. The molecule has 1 heterocycles. The van der Waals surface area contributed by atoms with Crippen LogP contribution >= 0.6 is 0 Å². The number of anilines is 1. The van der Waals surface area contributed by atoms with Gasteiger partial charge in [-0.3, -0.25) is 4.79 Å². The van der Waals surface area contributed by atoms with Gasteiger partial charge in [0.15, 0.2) is 0 Å². The molecule has 1 aromatic rings. The third kappa shape index (κ3) is 1.92. The average molecular weight is 259 g/mol. The van der Waals surface area contributed by atoms with Crippen molar-refractivity contribution >= 4 is 11.7 Å². The zero-order valence-electron chi connectivity index (χ0n) is 11.5. The monoisotopic (exact) mass is 259 g/mol. The predicted molar refractivity (Wildman–Crippen MR) is 75.1 cm³/mol. The maximum Gasteiger partial charge on any atom is 0.313 e. The Morgan fingerprint density at radius 3 is 2.74 bits per heavy atom. The Morgan fingerprint density at radius 1 is 1.26 bits per heavy atom. The number of ether oxygens (including phenoxy) is 1. The lowest BCUT2D eigenvalue weighted by Crippen LogP contribution is -2.53. The van der Waals surface area contributed by atoms with Crippen LogP contribution in [-0.4, -0.2) is 25.7 Å². The molecule has 0 amide bonds. The summed E-state index contributed by atoms with van der Waals surface area (Å²) in [6.07, 6.45) is 5.26. The lowest BCUT2D eigenvalue weighted by Gasteiger charge is -2.45. The molecule has 0 N–H and O–H groups in total. The largest absolute Gasteiger partial charge is 0.469 e. The minimum atomic E-state index is -0.261. The SMILES string of the molecule is COC(=O)[C@]12CCC[C@@H]1N(c1ccccc1)CCC2. The number of benzene rings is 1. The fourth-order valence-corrected chi connectivity index (χ4v) is 3.99. The Bertz CT molecular complexity index is 459. The molecule has 3 heteroatoms. The zero-order valence-corrected chi connectivity index (χ0v) is 11.5. The Balaban J connectivity index is 1.94. The van der Waals surface area contributed by atoms with E-state index < -0.39 is 0 Å². The van der Waals surface area contributed by atoms with Crippen LogP contribution in [0.1, 0.15) is 32.1 Å². The molecule has 0 unspecified atom stereocenters. The number of esters is 1. The van der Waals surface area contributed by atoms with Crippen LogP contribution in [0.3, 0.4) is 0 Å². The average Bonchev–Trinajstić information content (AvgIpc) is 2.92. The molecule has 2 fully saturated rings. The number of hydrogen-bond donors (Lipinski definition) is 0. The lowest BCUT2D eigenvalue weighted by molar-refractivity contribution is -0.154. The minimum Gasteiger partial charge on any atom is -0.469 e. The molecule has 2 atom stereocenters. The predicted octanol–water partition coefficient (Wildman–Crippen LogP) is 3.00. The van der Waals surface area contributed by atoms with Crippen LogP contribution < -0.4 is 4.90 Å². The van der Waals surface area contributed by atoms with Crippen LogP contribution in [0.2, 0.25) is 0 Å². The highest BCUT2D eigenvalue weighted by Gasteiger charge is 2.53. The van der Waals surface area contributed by atoms with Crippen LogP contribution in [0.15, 0.2) is 30.3 Å². The number of hydrogen-bond acceptors (Lipinski definition) is 3. The third-order valence-electron chi connectivity index (χ3n) is 4.82. The van der Waals surface area contributed by atoms with Gasteiger partial charge >= 0.3 is 5.97 Å². The van der Waals surface area contributed by atoms with E-state index in [0.717, 1.165) is 38.6 Å². The summed E-state index contributed by atoms with van der Waals surface area (Å²) in [7, 11) is 1.52. The maximum atomic E-state index is 12.3. The number of fused-ring (bicyclic) bond motifs is 1. The van der Waals surface area contributed by atoms with Crippen molar-refractivity contribution in [2.75, 3.05) is 18.6 Å². The second-order valence-electron chi connectivity index (χ2n) is 5.69. The first kappa shape index (κ1) is 12.5. The van der Waals surface area contributed by atoms with E-state index in [1.165, 1.54) is 12.8 Å². The highest BCUT2D eigenvalue weighted by atomic mass is 16.5. The van der Waals surface area contributed by atoms with Gasteiger partial charge in [0.1, 0.15) is 0 Å². The van der Waals surface area contributed by atoms with E-state index in [9.17, 15) is 4.79 Å². The third-order valence-corrected chi connectivity index (χ3v) is 4.82. The second-order valence-corrected chi connectivity index (χ2v) is 5.69. The smallest absolute Gasteiger partial charge is 0.313 e. The Kier molecular flexibility index (Phi) is 3.21. The standard InChI is InChI=1S/C16H21NO2/c1-19-15(18)16-10-5-9-14(16)17(12-6-11-16)13-7-3-2-4-8-13/h2-4,7-8,14H,5-6,9-12H2,1H3/t14-,16-/m0/s1. The number of carbonyl (C=O) groups excluding carboxylic acids is 1. The Morgan fingerprint density at radius 2 is 2.00 bits per heavy atom. The number of para-hydroxylation sites is 1. The number of nitrogens with zero attached hydrogens (tertiary/aromatic N) is 1. The van der Waals surface area contributed by atoms with Gasteiger partial charge in [0, 0.05) is 18.3 Å². The van der Waals surface area contributed by atoms with Crippen LogP contribution in [0.5, 0.6) is 0 Å². The van der Waals surface area contributed by atoms with Crippen molar-refractivity contribution in [3.63, 3.8) is 0 Å². The van der Waals surface area contributed by atoms with E-state index in [-0.39, 0.29) is 11.4 Å². The molecule has 0 bridgehead atoms. The first-order chi connectivity index (χ1) is 9.28. The molecular weight excluding hydrogens is 238 g/mol. The molecule has 3 rings (SSSR count). The summed E-state index contributed by atoms with van der Waals surface area (Å²) >= 11 is 0. The molecule has 1 aliphatic carbocycles. The lowest BCUT2D eigenvalue weighted by atomic mass is 9.74. The van der Waals surface area contributed by atoms with Gasteiger partial charge in [0.25, 0.3) is 0 Å². The maximum absolute atomic E-state index is 12.3. The molecule has 0 spiro atoms. The first-order valence-corrected chi connectivity index (χ1v) is 7.18. The zero-order chi connectivity index (χ0) is 13.3. The first-order valence-electron chi connectivity index (χ1n) is 7.18. The quantitative estimate of drug-likeness (QED) is 0.765. The van der Waals surface area contributed by atoms with E-state index in [0.29, 0.717) is 6.04 Å². The summed E-state index contributed by atoms with van der Waals surface area (Å²) in [4.78, 5) is 14.7. The molecular formula is C16H21NO2. The summed E-state index contributed by atoms with van der Waals surface area (Å²) in [5, 5.41) is 0. The fourth-order valence-electron chi connectivity index (χ4n) is 3.99. The molecule has 1 saturated heterocycles. The van der Waals surface area contributed by atoms with Gasteiger partial charge in [-0.2, -0.15) is 0 Å². The number of carbonyl (C=O) groups is 1. The number of rotatable bonds is 2. The van der Waals surface area contributed by atoms with Crippen LogP contribution in [0, 0.1) is 5.41 Å². The van der Waals surface area contributed by atoms with Crippen LogP contribution in [-0.2, 0) is 9.53 Å². The topological polar surface area (TPSA) is 29.5 Å². The van der Waals surface area contributed by atoms with E-state index in [4.69, 9.17) is 4.74 Å². The summed E-state index contributed by atoms with van der Waals surface area (Å²) in [6.45, 7) is 1.05. The molecule has 3 nitrogen and oxygen atoms in total. The van der Waals surface area contributed by atoms with Gasteiger partial charge in [-0.15, -0.1) is 0 Å². The highest BCUT2D eigenvalue weighted by Crippen LogP contribution is 2.49. The molecule has 1 saturated carbocycles. The van der Waals surface area contributed by atoms with Crippen molar-refractivity contribution in [2.45, 2.75) is 38.1 Å². The molecule has 2 aliphatic rings. The van der Waals surface area contributed by atoms with Gasteiger partial charge in [0.05, 0.1) is 12.5 Å². The van der Waals surface area contributed by atoms with Crippen molar-refractivity contribution in [3.8, 4) is 0 Å². The number of methoxy groups -OCH3 is 1. The second kappa shape index (κ2) is 4.87. The summed E-state index contributed by atoms with van der Waals surface area (Å²) in [5.74, 6) is -0.00405. The van der Waals surface area contributed by atoms with Gasteiger partial charge in [-0.05, 0) is 37.8 Å². The number of piperidine rings is 1. The van der Waals surface area contributed by atoms with Crippen molar-refractivity contribution in [3.05, 3.63) is 30.3 Å². The van der Waals surface area contributed by atoms with Crippen molar-refractivity contribution < 1.29 is 9.53 Å².